The van der Waals surface area contributed by atoms with E-state index in [1.54, 1.807) is 12.4 Å². The van der Waals surface area contributed by atoms with Gasteiger partial charge in [0, 0.05) is 23.8 Å². The van der Waals surface area contributed by atoms with Gasteiger partial charge in [-0.1, -0.05) is 29.8 Å². The van der Waals surface area contributed by atoms with E-state index in [4.69, 9.17) is 0 Å². The monoisotopic (exact) mass is 334 g/mol. The van der Waals surface area contributed by atoms with Crippen molar-refractivity contribution in [2.75, 3.05) is 12.3 Å². The fourth-order valence-corrected chi connectivity index (χ4v) is 2.77. The highest BCUT2D eigenvalue weighted by atomic mass is 79.9. The summed E-state index contributed by atoms with van der Waals surface area (Å²) in [6.07, 6.45) is 3.85. The van der Waals surface area contributed by atoms with Gasteiger partial charge in [0.2, 0.25) is 10.0 Å². The summed E-state index contributed by atoms with van der Waals surface area (Å²) in [5.74, 6) is 0.502. The Balaban J connectivity index is 2.41. The summed E-state index contributed by atoms with van der Waals surface area (Å²) in [7, 11) is -3.21. The van der Waals surface area contributed by atoms with Crippen LogP contribution in [-0.4, -0.2) is 30.5 Å². The molecule has 6 heteroatoms. The number of rotatable bonds is 7. The van der Waals surface area contributed by atoms with Gasteiger partial charge >= 0.3 is 0 Å². The highest BCUT2D eigenvalue weighted by Crippen LogP contribution is 2.10. The summed E-state index contributed by atoms with van der Waals surface area (Å²) in [4.78, 5) is 4.06. The van der Waals surface area contributed by atoms with E-state index in [-0.39, 0.29) is 10.6 Å². The molecule has 18 heavy (non-hydrogen) atoms. The standard InChI is InChI=1S/C12H19BrN2O2S/c1-10(2)12(13)9-15-18(16,17)8-5-11-3-6-14-7-4-11/h3-4,6-7,10,12,15H,5,8-9H2,1-2H3. The summed E-state index contributed by atoms with van der Waals surface area (Å²) in [6, 6.07) is 3.66. The SMILES string of the molecule is CC(C)C(Br)CNS(=O)(=O)CCc1ccncc1. The second-order valence-corrected chi connectivity index (χ2v) is 7.64. The third-order valence-corrected chi connectivity index (χ3v) is 5.36. The van der Waals surface area contributed by atoms with Crippen LogP contribution in [0.1, 0.15) is 19.4 Å². The average Bonchev–Trinajstić information content (AvgIpc) is 2.35. The number of aryl methyl sites for hydroxylation is 1. The lowest BCUT2D eigenvalue weighted by Crippen LogP contribution is -2.33. The van der Waals surface area contributed by atoms with Crippen LogP contribution in [-0.2, 0) is 16.4 Å². The summed E-state index contributed by atoms with van der Waals surface area (Å²) < 4.78 is 26.2. The fraction of sp³-hybridized carbons (Fsp3) is 0.583. The summed E-state index contributed by atoms with van der Waals surface area (Å²) >= 11 is 3.46. The normalized spacial score (nSPS) is 13.8. The van der Waals surface area contributed by atoms with E-state index >= 15 is 0 Å². The molecule has 0 radical (unpaired) electrons. The van der Waals surface area contributed by atoms with Gasteiger partial charge in [-0.05, 0) is 30.0 Å². The Bertz CT molecular complexity index is 448. The number of pyridine rings is 1. The van der Waals surface area contributed by atoms with Crippen molar-refractivity contribution in [3.05, 3.63) is 30.1 Å². The third-order valence-electron chi connectivity index (χ3n) is 2.63. The number of hydrogen-bond acceptors (Lipinski definition) is 3. The molecule has 0 aromatic carbocycles. The minimum absolute atomic E-state index is 0.106. The zero-order valence-electron chi connectivity index (χ0n) is 10.6. The largest absolute Gasteiger partial charge is 0.265 e. The van der Waals surface area contributed by atoms with Crippen molar-refractivity contribution in [1.82, 2.24) is 9.71 Å². The van der Waals surface area contributed by atoms with Crippen LogP contribution in [0.2, 0.25) is 0 Å². The predicted octanol–water partition coefficient (Wildman–Crippen LogP) is 1.96. The Hall–Kier alpha value is -0.460. The summed E-state index contributed by atoms with van der Waals surface area (Å²) in [5, 5.41) is 0. The Morgan fingerprint density at radius 3 is 2.50 bits per heavy atom. The Morgan fingerprint density at radius 2 is 1.94 bits per heavy atom. The minimum Gasteiger partial charge on any atom is -0.265 e. The molecule has 0 fully saturated rings. The van der Waals surface area contributed by atoms with E-state index in [0.29, 0.717) is 18.9 Å². The number of alkyl halides is 1. The van der Waals surface area contributed by atoms with Crippen molar-refractivity contribution >= 4 is 26.0 Å². The number of aromatic nitrogens is 1. The van der Waals surface area contributed by atoms with Gasteiger partial charge in [-0.15, -0.1) is 0 Å². The van der Waals surface area contributed by atoms with E-state index < -0.39 is 10.0 Å². The molecule has 0 saturated carbocycles. The zero-order chi connectivity index (χ0) is 13.6. The average molecular weight is 335 g/mol. The van der Waals surface area contributed by atoms with E-state index in [9.17, 15) is 8.42 Å². The van der Waals surface area contributed by atoms with Gasteiger partial charge in [0.05, 0.1) is 5.75 Å². The van der Waals surface area contributed by atoms with Crippen LogP contribution in [0.4, 0.5) is 0 Å². The lowest BCUT2D eigenvalue weighted by Gasteiger charge is -2.14. The van der Waals surface area contributed by atoms with Gasteiger partial charge in [-0.3, -0.25) is 4.98 Å². The quantitative estimate of drug-likeness (QED) is 0.775. The molecule has 4 nitrogen and oxygen atoms in total. The molecule has 1 N–H and O–H groups in total. The highest BCUT2D eigenvalue weighted by molar-refractivity contribution is 9.09. The third kappa shape index (κ3) is 5.93. The van der Waals surface area contributed by atoms with Crippen LogP contribution in [0.5, 0.6) is 0 Å². The van der Waals surface area contributed by atoms with Gasteiger partial charge in [0.25, 0.3) is 0 Å². The summed E-state index contributed by atoms with van der Waals surface area (Å²) in [6.45, 7) is 4.52. The van der Waals surface area contributed by atoms with E-state index in [1.165, 1.54) is 0 Å². The number of nitrogens with one attached hydrogen (secondary N) is 1. The number of hydrogen-bond donors (Lipinski definition) is 1. The topological polar surface area (TPSA) is 59.1 Å². The van der Waals surface area contributed by atoms with Crippen LogP contribution >= 0.6 is 15.9 Å². The molecule has 1 atom stereocenters. The van der Waals surface area contributed by atoms with Gasteiger partial charge in [0.1, 0.15) is 0 Å². The maximum atomic E-state index is 11.8. The van der Waals surface area contributed by atoms with E-state index in [2.05, 4.69) is 25.6 Å². The van der Waals surface area contributed by atoms with Gasteiger partial charge < -0.3 is 0 Å². The van der Waals surface area contributed by atoms with Crippen LogP contribution in [0.25, 0.3) is 0 Å². The second kappa shape index (κ2) is 7.21. The molecule has 0 aliphatic carbocycles. The Kier molecular flexibility index (Phi) is 6.25. The van der Waals surface area contributed by atoms with Gasteiger partial charge in [-0.2, -0.15) is 0 Å². The lowest BCUT2D eigenvalue weighted by atomic mass is 10.1. The maximum absolute atomic E-state index is 11.8. The first-order valence-electron chi connectivity index (χ1n) is 5.91. The van der Waals surface area contributed by atoms with Crippen molar-refractivity contribution < 1.29 is 8.42 Å². The van der Waals surface area contributed by atoms with Crippen molar-refractivity contribution in [1.29, 1.82) is 0 Å². The van der Waals surface area contributed by atoms with Crippen LogP contribution in [0.3, 0.4) is 0 Å². The molecule has 1 unspecified atom stereocenters. The molecule has 0 spiro atoms. The van der Waals surface area contributed by atoms with E-state index in [1.807, 2.05) is 26.0 Å². The van der Waals surface area contributed by atoms with Gasteiger partial charge in [0.15, 0.2) is 0 Å². The van der Waals surface area contributed by atoms with Crippen LogP contribution in [0.15, 0.2) is 24.5 Å². The van der Waals surface area contributed by atoms with Crippen molar-refractivity contribution in [3.8, 4) is 0 Å². The first kappa shape index (κ1) is 15.6. The Labute approximate surface area is 117 Å². The van der Waals surface area contributed by atoms with Crippen molar-refractivity contribution in [2.24, 2.45) is 5.92 Å². The molecule has 1 aromatic heterocycles. The van der Waals surface area contributed by atoms with Crippen LogP contribution < -0.4 is 4.72 Å². The molecule has 0 bridgehead atoms. The molecule has 0 saturated heterocycles. The molecule has 0 aliphatic heterocycles. The lowest BCUT2D eigenvalue weighted by molar-refractivity contribution is 0.562. The predicted molar refractivity (Wildman–Crippen MR) is 77.3 cm³/mol. The number of halogens is 1. The fourth-order valence-electron chi connectivity index (χ4n) is 1.32. The minimum atomic E-state index is -3.21. The van der Waals surface area contributed by atoms with E-state index in [0.717, 1.165) is 5.56 Å². The molecule has 1 aromatic rings. The molecular weight excluding hydrogens is 316 g/mol. The van der Waals surface area contributed by atoms with Crippen molar-refractivity contribution in [2.45, 2.75) is 25.1 Å². The van der Waals surface area contributed by atoms with Gasteiger partial charge in [-0.25, -0.2) is 13.1 Å². The Morgan fingerprint density at radius 1 is 1.33 bits per heavy atom. The first-order chi connectivity index (χ1) is 8.41. The number of nitrogens with zero attached hydrogens (tertiary/aromatic N) is 1. The first-order valence-corrected chi connectivity index (χ1v) is 8.48. The number of sulfonamides is 1. The smallest absolute Gasteiger partial charge is 0.211 e. The molecule has 1 heterocycles. The second-order valence-electron chi connectivity index (χ2n) is 4.53. The molecule has 0 amide bonds. The van der Waals surface area contributed by atoms with Crippen molar-refractivity contribution in [3.63, 3.8) is 0 Å². The highest BCUT2D eigenvalue weighted by Gasteiger charge is 2.15. The summed E-state index contributed by atoms with van der Waals surface area (Å²) in [5.41, 5.74) is 0.981. The molecular formula is C12H19BrN2O2S. The molecule has 1 rings (SSSR count). The maximum Gasteiger partial charge on any atom is 0.211 e. The molecule has 0 aliphatic rings. The zero-order valence-corrected chi connectivity index (χ0v) is 13.0. The van der Waals surface area contributed by atoms with Crippen LogP contribution in [0, 0.1) is 5.92 Å². The molecule has 102 valence electrons.